The first-order valence-electron chi connectivity index (χ1n) is 7.16. The van der Waals surface area contributed by atoms with Crippen LogP contribution < -0.4 is 4.74 Å². The smallest absolute Gasteiger partial charge is 0.311 e. The molecule has 2 aromatic rings. The average molecular weight is 319 g/mol. The number of halogens is 1. The SMILES string of the molecule is Cc1cccc(C)c1OCCC(C(=O)O)c1ccc(Cl)cc1. The number of para-hydroxylation sites is 1. The van der Waals surface area contributed by atoms with E-state index in [1.807, 2.05) is 32.0 Å². The number of ether oxygens (including phenoxy) is 1. The fraction of sp³-hybridized carbons (Fsp3) is 0.278. The Bertz CT molecular complexity index is 630. The highest BCUT2D eigenvalue weighted by atomic mass is 35.5. The minimum absolute atomic E-state index is 0.352. The monoisotopic (exact) mass is 318 g/mol. The van der Waals surface area contributed by atoms with Crippen molar-refractivity contribution < 1.29 is 14.6 Å². The summed E-state index contributed by atoms with van der Waals surface area (Å²) in [7, 11) is 0. The summed E-state index contributed by atoms with van der Waals surface area (Å²) in [6, 6.07) is 12.9. The molecular formula is C18H19ClO3. The summed E-state index contributed by atoms with van der Waals surface area (Å²) < 4.78 is 5.80. The molecule has 116 valence electrons. The molecule has 0 saturated carbocycles. The number of hydrogen-bond donors (Lipinski definition) is 1. The number of carbonyl (C=O) groups is 1. The van der Waals surface area contributed by atoms with Gasteiger partial charge < -0.3 is 9.84 Å². The largest absolute Gasteiger partial charge is 0.493 e. The maximum atomic E-state index is 11.5. The van der Waals surface area contributed by atoms with E-state index in [9.17, 15) is 9.90 Å². The topological polar surface area (TPSA) is 46.5 Å². The summed E-state index contributed by atoms with van der Waals surface area (Å²) in [4.78, 5) is 11.5. The predicted molar refractivity (Wildman–Crippen MR) is 87.9 cm³/mol. The van der Waals surface area contributed by atoms with Gasteiger partial charge in [0.15, 0.2) is 0 Å². The molecule has 1 N–H and O–H groups in total. The number of rotatable bonds is 6. The van der Waals surface area contributed by atoms with Gasteiger partial charge in [0, 0.05) is 5.02 Å². The molecule has 0 aromatic heterocycles. The summed E-state index contributed by atoms with van der Waals surface area (Å²) in [6.45, 7) is 4.32. The van der Waals surface area contributed by atoms with Crippen molar-refractivity contribution in [2.24, 2.45) is 0 Å². The van der Waals surface area contributed by atoms with Crippen molar-refractivity contribution in [3.8, 4) is 5.75 Å². The quantitative estimate of drug-likeness (QED) is 0.847. The Morgan fingerprint density at radius 2 is 1.73 bits per heavy atom. The van der Waals surface area contributed by atoms with Crippen molar-refractivity contribution in [2.45, 2.75) is 26.2 Å². The van der Waals surface area contributed by atoms with Crippen LogP contribution in [0.5, 0.6) is 5.75 Å². The van der Waals surface area contributed by atoms with E-state index in [0.29, 0.717) is 18.1 Å². The van der Waals surface area contributed by atoms with Gasteiger partial charge in [0.25, 0.3) is 0 Å². The van der Waals surface area contributed by atoms with Crippen LogP contribution in [0.3, 0.4) is 0 Å². The lowest BCUT2D eigenvalue weighted by atomic mass is 9.96. The Kier molecular flexibility index (Phi) is 5.45. The molecule has 0 aliphatic heterocycles. The van der Waals surface area contributed by atoms with Crippen molar-refractivity contribution in [3.05, 3.63) is 64.2 Å². The Labute approximate surface area is 135 Å². The average Bonchev–Trinajstić information content (AvgIpc) is 2.47. The molecule has 2 rings (SSSR count). The molecule has 3 nitrogen and oxygen atoms in total. The van der Waals surface area contributed by atoms with Gasteiger partial charge in [-0.3, -0.25) is 4.79 Å². The maximum absolute atomic E-state index is 11.5. The van der Waals surface area contributed by atoms with E-state index in [2.05, 4.69) is 0 Å². The third kappa shape index (κ3) is 4.01. The van der Waals surface area contributed by atoms with Crippen LogP contribution in [0.4, 0.5) is 0 Å². The van der Waals surface area contributed by atoms with Crippen LogP contribution in [-0.2, 0) is 4.79 Å². The van der Waals surface area contributed by atoms with Gasteiger partial charge in [-0.1, -0.05) is 41.9 Å². The third-order valence-corrected chi connectivity index (χ3v) is 3.88. The minimum atomic E-state index is -0.854. The van der Waals surface area contributed by atoms with Crippen LogP contribution in [-0.4, -0.2) is 17.7 Å². The van der Waals surface area contributed by atoms with E-state index in [0.717, 1.165) is 22.4 Å². The van der Waals surface area contributed by atoms with E-state index in [4.69, 9.17) is 16.3 Å². The minimum Gasteiger partial charge on any atom is -0.493 e. The summed E-state index contributed by atoms with van der Waals surface area (Å²) in [5.74, 6) is -0.614. The number of aryl methyl sites for hydroxylation is 2. The molecule has 0 bridgehead atoms. The van der Waals surface area contributed by atoms with Gasteiger partial charge in [-0.05, 0) is 49.1 Å². The summed E-state index contributed by atoms with van der Waals surface area (Å²) in [5.41, 5.74) is 2.85. The van der Waals surface area contributed by atoms with Gasteiger partial charge in [0.05, 0.1) is 12.5 Å². The van der Waals surface area contributed by atoms with Gasteiger partial charge in [-0.15, -0.1) is 0 Å². The van der Waals surface area contributed by atoms with Crippen molar-refractivity contribution in [1.82, 2.24) is 0 Å². The van der Waals surface area contributed by atoms with Gasteiger partial charge >= 0.3 is 5.97 Å². The molecule has 1 atom stereocenters. The number of carboxylic acid groups (broad SMARTS) is 1. The highest BCUT2D eigenvalue weighted by Crippen LogP contribution is 2.25. The zero-order valence-electron chi connectivity index (χ0n) is 12.7. The summed E-state index contributed by atoms with van der Waals surface area (Å²) in [5, 5.41) is 10.0. The van der Waals surface area contributed by atoms with Crippen LogP contribution >= 0.6 is 11.6 Å². The van der Waals surface area contributed by atoms with E-state index in [1.54, 1.807) is 24.3 Å². The van der Waals surface area contributed by atoms with Gasteiger partial charge in [-0.2, -0.15) is 0 Å². The summed E-state index contributed by atoms with van der Waals surface area (Å²) >= 11 is 5.84. The van der Waals surface area contributed by atoms with Crippen molar-refractivity contribution in [1.29, 1.82) is 0 Å². The van der Waals surface area contributed by atoms with Gasteiger partial charge in [-0.25, -0.2) is 0 Å². The zero-order chi connectivity index (χ0) is 16.1. The molecular weight excluding hydrogens is 300 g/mol. The predicted octanol–water partition coefficient (Wildman–Crippen LogP) is 4.59. The second-order valence-electron chi connectivity index (χ2n) is 5.30. The lowest BCUT2D eigenvalue weighted by molar-refractivity contribution is -0.139. The number of benzene rings is 2. The zero-order valence-corrected chi connectivity index (χ0v) is 13.4. The first-order valence-corrected chi connectivity index (χ1v) is 7.54. The highest BCUT2D eigenvalue weighted by Gasteiger charge is 2.20. The molecule has 2 aromatic carbocycles. The normalized spacial score (nSPS) is 12.0. The number of carboxylic acids is 1. The number of hydrogen-bond acceptors (Lipinski definition) is 2. The van der Waals surface area contributed by atoms with E-state index >= 15 is 0 Å². The molecule has 0 radical (unpaired) electrons. The van der Waals surface area contributed by atoms with Crippen LogP contribution in [0.2, 0.25) is 5.02 Å². The number of aliphatic carboxylic acids is 1. The van der Waals surface area contributed by atoms with Crippen LogP contribution in [0.1, 0.15) is 29.0 Å². The van der Waals surface area contributed by atoms with Crippen LogP contribution in [0.15, 0.2) is 42.5 Å². The lowest BCUT2D eigenvalue weighted by Crippen LogP contribution is -2.15. The van der Waals surface area contributed by atoms with E-state index < -0.39 is 11.9 Å². The van der Waals surface area contributed by atoms with Gasteiger partial charge in [0.1, 0.15) is 5.75 Å². The molecule has 0 aliphatic rings. The molecule has 22 heavy (non-hydrogen) atoms. The van der Waals surface area contributed by atoms with Gasteiger partial charge in [0.2, 0.25) is 0 Å². The fourth-order valence-corrected chi connectivity index (χ4v) is 2.56. The van der Waals surface area contributed by atoms with Crippen LogP contribution in [0, 0.1) is 13.8 Å². The molecule has 0 fully saturated rings. The fourth-order valence-electron chi connectivity index (χ4n) is 2.43. The molecule has 1 unspecified atom stereocenters. The Balaban J connectivity index is 2.04. The molecule has 0 heterocycles. The highest BCUT2D eigenvalue weighted by molar-refractivity contribution is 6.30. The van der Waals surface area contributed by atoms with E-state index in [1.165, 1.54) is 0 Å². The van der Waals surface area contributed by atoms with Crippen molar-refractivity contribution in [3.63, 3.8) is 0 Å². The molecule has 0 aliphatic carbocycles. The lowest BCUT2D eigenvalue weighted by Gasteiger charge is -2.16. The Morgan fingerprint density at radius 3 is 2.27 bits per heavy atom. The third-order valence-electron chi connectivity index (χ3n) is 3.63. The van der Waals surface area contributed by atoms with Crippen LogP contribution in [0.25, 0.3) is 0 Å². The van der Waals surface area contributed by atoms with Crippen molar-refractivity contribution in [2.75, 3.05) is 6.61 Å². The molecule has 0 saturated heterocycles. The second kappa shape index (κ2) is 7.32. The summed E-state index contributed by atoms with van der Waals surface area (Å²) in [6.07, 6.45) is 0.407. The first-order chi connectivity index (χ1) is 10.5. The molecule has 4 heteroatoms. The second-order valence-corrected chi connectivity index (χ2v) is 5.74. The standard InChI is InChI=1S/C18H19ClO3/c1-12-4-3-5-13(2)17(12)22-11-10-16(18(20)21)14-6-8-15(19)9-7-14/h3-9,16H,10-11H2,1-2H3,(H,20,21). The molecule has 0 amide bonds. The Morgan fingerprint density at radius 1 is 1.14 bits per heavy atom. The Hall–Kier alpha value is -2.00. The van der Waals surface area contributed by atoms with E-state index in [-0.39, 0.29) is 0 Å². The molecule has 0 spiro atoms. The maximum Gasteiger partial charge on any atom is 0.311 e. The van der Waals surface area contributed by atoms with Crippen molar-refractivity contribution >= 4 is 17.6 Å². The first kappa shape index (κ1) is 16.4.